The van der Waals surface area contributed by atoms with E-state index >= 15 is 0 Å². The van der Waals surface area contributed by atoms with E-state index in [2.05, 4.69) is 4.99 Å². The first-order valence-electron chi connectivity index (χ1n) is 5.40. The molecule has 0 unspecified atom stereocenters. The first-order chi connectivity index (χ1) is 8.66. The highest BCUT2D eigenvalue weighted by molar-refractivity contribution is 5.99. The van der Waals surface area contributed by atoms with Gasteiger partial charge in [0.2, 0.25) is 0 Å². The largest absolute Gasteiger partial charge is 0.478 e. The molecule has 0 amide bonds. The summed E-state index contributed by atoms with van der Waals surface area (Å²) in [5, 5.41) is 8.88. The Morgan fingerprint density at radius 2 is 1.67 bits per heavy atom. The molecule has 18 heavy (non-hydrogen) atoms. The number of amidine groups is 1. The van der Waals surface area contributed by atoms with Crippen LogP contribution in [0.15, 0.2) is 59.6 Å². The number of aromatic carboxylic acids is 1. The second-order valence-electron chi connectivity index (χ2n) is 3.72. The van der Waals surface area contributed by atoms with Gasteiger partial charge in [-0.25, -0.2) is 9.79 Å². The Hall–Kier alpha value is -2.62. The van der Waals surface area contributed by atoms with Crippen molar-refractivity contribution >= 4 is 17.5 Å². The molecule has 0 radical (unpaired) electrons. The number of nitrogens with two attached hydrogens (primary N) is 1. The van der Waals surface area contributed by atoms with E-state index in [-0.39, 0.29) is 5.56 Å². The molecule has 4 nitrogen and oxygen atoms in total. The molecule has 2 aromatic rings. The van der Waals surface area contributed by atoms with Crippen LogP contribution >= 0.6 is 0 Å². The molecular formula is C14H12N2O2. The van der Waals surface area contributed by atoms with Crippen molar-refractivity contribution < 1.29 is 9.90 Å². The number of rotatable bonds is 3. The molecule has 0 atom stereocenters. The van der Waals surface area contributed by atoms with Crippen molar-refractivity contribution in [2.75, 3.05) is 0 Å². The molecule has 2 rings (SSSR count). The van der Waals surface area contributed by atoms with E-state index in [4.69, 9.17) is 10.8 Å². The molecule has 3 N–H and O–H groups in total. The smallest absolute Gasteiger partial charge is 0.335 e. The summed E-state index contributed by atoms with van der Waals surface area (Å²) < 4.78 is 0. The lowest BCUT2D eigenvalue weighted by molar-refractivity contribution is 0.0697. The Morgan fingerprint density at radius 1 is 1.00 bits per heavy atom. The zero-order valence-corrected chi connectivity index (χ0v) is 9.58. The predicted molar refractivity (Wildman–Crippen MR) is 70.2 cm³/mol. The summed E-state index contributed by atoms with van der Waals surface area (Å²) in [6.07, 6.45) is 0. The summed E-state index contributed by atoms with van der Waals surface area (Å²) in [7, 11) is 0. The van der Waals surface area contributed by atoms with Crippen LogP contribution in [0.1, 0.15) is 15.9 Å². The maximum Gasteiger partial charge on any atom is 0.335 e. The van der Waals surface area contributed by atoms with Gasteiger partial charge in [-0.3, -0.25) is 0 Å². The summed E-state index contributed by atoms with van der Waals surface area (Å²) in [5.41, 5.74) is 7.38. The highest BCUT2D eigenvalue weighted by atomic mass is 16.4. The molecule has 0 aliphatic rings. The van der Waals surface area contributed by atoms with E-state index in [1.165, 1.54) is 12.1 Å². The Balaban J connectivity index is 2.33. The van der Waals surface area contributed by atoms with Gasteiger partial charge < -0.3 is 10.8 Å². The Bertz CT molecular complexity index is 592. The molecule has 90 valence electrons. The van der Waals surface area contributed by atoms with Crippen LogP contribution in [0.2, 0.25) is 0 Å². The van der Waals surface area contributed by atoms with Gasteiger partial charge in [-0.15, -0.1) is 0 Å². The maximum absolute atomic E-state index is 10.8. The summed E-state index contributed by atoms with van der Waals surface area (Å²) in [5.74, 6) is -0.622. The quantitative estimate of drug-likeness (QED) is 0.639. The molecule has 0 fully saturated rings. The fraction of sp³-hybridized carbons (Fsp3) is 0. The van der Waals surface area contributed by atoms with Crippen molar-refractivity contribution in [3.63, 3.8) is 0 Å². The van der Waals surface area contributed by atoms with E-state index < -0.39 is 5.97 Å². The Morgan fingerprint density at radius 3 is 2.33 bits per heavy atom. The van der Waals surface area contributed by atoms with E-state index in [1.807, 2.05) is 30.3 Å². The molecule has 4 heteroatoms. The molecule has 0 saturated heterocycles. The van der Waals surface area contributed by atoms with Crippen LogP contribution in [0.5, 0.6) is 0 Å². The summed E-state index contributed by atoms with van der Waals surface area (Å²) in [6.45, 7) is 0. The fourth-order valence-electron chi connectivity index (χ4n) is 1.52. The van der Waals surface area contributed by atoms with Gasteiger partial charge in [-0.2, -0.15) is 0 Å². The number of carbonyl (C=O) groups is 1. The highest BCUT2D eigenvalue weighted by Crippen LogP contribution is 2.15. The monoisotopic (exact) mass is 240 g/mol. The van der Waals surface area contributed by atoms with Crippen LogP contribution < -0.4 is 5.73 Å². The zero-order chi connectivity index (χ0) is 13.0. The normalized spacial score (nSPS) is 11.2. The number of carboxylic acid groups (broad SMARTS) is 1. The van der Waals surface area contributed by atoms with Gasteiger partial charge in [0.15, 0.2) is 0 Å². The first kappa shape index (κ1) is 11.9. The molecule has 0 aliphatic carbocycles. The molecule has 0 aromatic heterocycles. The van der Waals surface area contributed by atoms with Gasteiger partial charge in [-0.05, 0) is 18.2 Å². The Labute approximate surface area is 104 Å². The summed E-state index contributed by atoms with van der Waals surface area (Å²) >= 11 is 0. The lowest BCUT2D eigenvalue weighted by Gasteiger charge is -2.01. The molecule has 0 saturated carbocycles. The SMILES string of the molecule is NC(=Nc1cccc(C(=O)O)c1)c1ccccc1. The van der Waals surface area contributed by atoms with Crippen LogP contribution in [0.4, 0.5) is 5.69 Å². The lowest BCUT2D eigenvalue weighted by atomic mass is 10.2. The molecule has 0 heterocycles. The van der Waals surface area contributed by atoms with Gasteiger partial charge in [-0.1, -0.05) is 36.4 Å². The predicted octanol–water partition coefficient (Wildman–Crippen LogP) is 2.42. The lowest BCUT2D eigenvalue weighted by Crippen LogP contribution is -2.12. The minimum atomic E-state index is -0.981. The van der Waals surface area contributed by atoms with Crippen molar-refractivity contribution in [3.8, 4) is 0 Å². The van der Waals surface area contributed by atoms with Gasteiger partial charge in [0.25, 0.3) is 0 Å². The molecule has 0 aliphatic heterocycles. The van der Waals surface area contributed by atoms with Gasteiger partial charge in [0.05, 0.1) is 11.3 Å². The summed E-state index contributed by atoms with van der Waals surface area (Å²) in [4.78, 5) is 15.0. The third kappa shape index (κ3) is 2.74. The average molecular weight is 240 g/mol. The van der Waals surface area contributed by atoms with Crippen molar-refractivity contribution in [2.24, 2.45) is 10.7 Å². The highest BCUT2D eigenvalue weighted by Gasteiger charge is 2.03. The van der Waals surface area contributed by atoms with Crippen molar-refractivity contribution in [3.05, 3.63) is 65.7 Å². The van der Waals surface area contributed by atoms with Crippen LogP contribution in [0.3, 0.4) is 0 Å². The van der Waals surface area contributed by atoms with Gasteiger partial charge in [0.1, 0.15) is 5.84 Å². The minimum absolute atomic E-state index is 0.192. The van der Waals surface area contributed by atoms with E-state index in [0.717, 1.165) is 5.56 Å². The molecule has 0 spiro atoms. The van der Waals surface area contributed by atoms with Crippen molar-refractivity contribution in [2.45, 2.75) is 0 Å². The first-order valence-corrected chi connectivity index (χ1v) is 5.40. The number of hydrogen-bond acceptors (Lipinski definition) is 2. The van der Waals surface area contributed by atoms with E-state index in [1.54, 1.807) is 12.1 Å². The second kappa shape index (κ2) is 5.14. The number of nitrogens with zero attached hydrogens (tertiary/aromatic N) is 1. The van der Waals surface area contributed by atoms with Crippen LogP contribution in [0.25, 0.3) is 0 Å². The van der Waals surface area contributed by atoms with E-state index in [0.29, 0.717) is 11.5 Å². The third-order valence-corrected chi connectivity index (χ3v) is 2.41. The van der Waals surface area contributed by atoms with Crippen molar-refractivity contribution in [1.82, 2.24) is 0 Å². The van der Waals surface area contributed by atoms with Crippen LogP contribution in [0, 0.1) is 0 Å². The Kier molecular flexibility index (Phi) is 3.38. The number of aliphatic imine (C=N–C) groups is 1. The van der Waals surface area contributed by atoms with Crippen LogP contribution in [-0.2, 0) is 0 Å². The number of hydrogen-bond donors (Lipinski definition) is 2. The topological polar surface area (TPSA) is 75.7 Å². The average Bonchev–Trinajstić information content (AvgIpc) is 2.40. The third-order valence-electron chi connectivity index (χ3n) is 2.41. The molecular weight excluding hydrogens is 228 g/mol. The van der Waals surface area contributed by atoms with Gasteiger partial charge >= 0.3 is 5.97 Å². The molecule has 0 bridgehead atoms. The minimum Gasteiger partial charge on any atom is -0.478 e. The van der Waals surface area contributed by atoms with E-state index in [9.17, 15) is 4.79 Å². The summed E-state index contributed by atoms with van der Waals surface area (Å²) in [6, 6.07) is 15.7. The number of carboxylic acids is 1. The van der Waals surface area contributed by atoms with Crippen LogP contribution in [-0.4, -0.2) is 16.9 Å². The molecule has 2 aromatic carbocycles. The number of benzene rings is 2. The zero-order valence-electron chi connectivity index (χ0n) is 9.58. The second-order valence-corrected chi connectivity index (χ2v) is 3.72. The fourth-order valence-corrected chi connectivity index (χ4v) is 1.52. The maximum atomic E-state index is 10.8. The standard InChI is InChI=1S/C14H12N2O2/c15-13(10-5-2-1-3-6-10)16-12-8-4-7-11(9-12)14(17)18/h1-9H,(H2,15,16)(H,17,18). The van der Waals surface area contributed by atoms with Gasteiger partial charge in [0, 0.05) is 5.56 Å². The van der Waals surface area contributed by atoms with Crippen molar-refractivity contribution in [1.29, 1.82) is 0 Å².